The lowest BCUT2D eigenvalue weighted by molar-refractivity contribution is 1.07. The number of hydrogen-bond acceptors (Lipinski definition) is 2. The Kier molecular flexibility index (Phi) is 6.71. The average molecular weight is 294 g/mol. The normalized spacial score (nSPS) is 9.68. The molecule has 0 bridgehead atoms. The molecule has 0 atom stereocenters. The molecule has 2 heteroatoms. The molecular weight excluding hydrogens is 268 g/mol. The Morgan fingerprint density at radius 1 is 0.955 bits per heavy atom. The maximum absolute atomic E-state index is 4.43. The van der Waals surface area contributed by atoms with E-state index in [9.17, 15) is 0 Å². The molecule has 0 saturated heterocycles. The van der Waals surface area contributed by atoms with Gasteiger partial charge in [-0.3, -0.25) is 9.97 Å². The summed E-state index contributed by atoms with van der Waals surface area (Å²) in [6.07, 6.45) is 8.36. The summed E-state index contributed by atoms with van der Waals surface area (Å²) >= 11 is 0. The highest BCUT2D eigenvalue weighted by Crippen LogP contribution is 2.18. The topological polar surface area (TPSA) is 25.8 Å². The molecule has 2 nitrogen and oxygen atoms in total. The largest absolute Gasteiger partial charge is 0.264 e. The average Bonchev–Trinajstić information content (AvgIpc) is 2.56. The highest BCUT2D eigenvalue weighted by atomic mass is 14.7. The van der Waals surface area contributed by atoms with Crippen LogP contribution in [0.25, 0.3) is 12.2 Å². The van der Waals surface area contributed by atoms with Crippen LogP contribution >= 0.6 is 0 Å². The van der Waals surface area contributed by atoms with Crippen LogP contribution in [0.1, 0.15) is 46.1 Å². The molecule has 0 aliphatic carbocycles. The first kappa shape index (κ1) is 17.8. The molecule has 0 spiro atoms. The molecule has 116 valence electrons. The molecule has 2 aromatic heterocycles. The van der Waals surface area contributed by atoms with E-state index < -0.39 is 0 Å². The molecule has 0 amide bonds. The van der Waals surface area contributed by atoms with Crippen LogP contribution < -0.4 is 0 Å². The van der Waals surface area contributed by atoms with E-state index in [2.05, 4.69) is 56.9 Å². The van der Waals surface area contributed by atoms with Gasteiger partial charge in [0.2, 0.25) is 0 Å². The Morgan fingerprint density at radius 3 is 2.18 bits per heavy atom. The molecule has 0 unspecified atom stereocenters. The van der Waals surface area contributed by atoms with Gasteiger partial charge in [0.25, 0.3) is 0 Å². The third-order valence-electron chi connectivity index (χ3n) is 3.99. The molecule has 22 heavy (non-hydrogen) atoms. The molecule has 0 aliphatic heterocycles. The van der Waals surface area contributed by atoms with Crippen LogP contribution in [-0.4, -0.2) is 9.97 Å². The van der Waals surface area contributed by atoms with Crippen molar-refractivity contribution in [2.45, 2.75) is 41.0 Å². The van der Waals surface area contributed by atoms with Crippen molar-refractivity contribution in [2.24, 2.45) is 0 Å². The Labute approximate surface area is 134 Å². The highest BCUT2D eigenvalue weighted by molar-refractivity contribution is 5.51. The van der Waals surface area contributed by atoms with Crippen molar-refractivity contribution in [3.05, 3.63) is 70.8 Å². The van der Waals surface area contributed by atoms with E-state index in [1.165, 1.54) is 22.3 Å². The van der Waals surface area contributed by atoms with Gasteiger partial charge in [0.15, 0.2) is 0 Å². The fourth-order valence-corrected chi connectivity index (χ4v) is 2.10. The Bertz CT molecular complexity index is 670. The summed E-state index contributed by atoms with van der Waals surface area (Å²) in [6.45, 7) is 17.9. The van der Waals surface area contributed by atoms with Crippen molar-refractivity contribution in [1.82, 2.24) is 9.97 Å². The van der Waals surface area contributed by atoms with E-state index in [1.54, 1.807) is 0 Å². The van der Waals surface area contributed by atoms with E-state index in [0.29, 0.717) is 0 Å². The molecule has 0 fully saturated rings. The van der Waals surface area contributed by atoms with Crippen molar-refractivity contribution >= 4 is 12.2 Å². The number of rotatable bonds is 3. The number of pyridine rings is 2. The molecule has 0 aliphatic rings. The highest BCUT2D eigenvalue weighted by Gasteiger charge is 2.05. The molecule has 2 aromatic rings. The minimum absolute atomic E-state index is 1.01. The zero-order valence-corrected chi connectivity index (χ0v) is 14.4. The van der Waals surface area contributed by atoms with Gasteiger partial charge in [0, 0.05) is 18.1 Å². The fraction of sp³-hybridized carbons (Fsp3) is 0.300. The summed E-state index contributed by atoms with van der Waals surface area (Å²) < 4.78 is 0. The SMILES string of the molecule is C=Cc1cncc(CC)c1.C=Cc1nc(C)c(C)c(C)c1C. The number of nitrogens with zero attached hydrogens (tertiary/aromatic N) is 2. The summed E-state index contributed by atoms with van der Waals surface area (Å²) in [5, 5.41) is 0. The van der Waals surface area contributed by atoms with Crippen molar-refractivity contribution in [1.29, 1.82) is 0 Å². The number of aromatic nitrogens is 2. The zero-order chi connectivity index (χ0) is 16.7. The summed E-state index contributed by atoms with van der Waals surface area (Å²) in [5.74, 6) is 0. The quantitative estimate of drug-likeness (QED) is 0.773. The Hall–Kier alpha value is -2.22. The number of aryl methyl sites for hydroxylation is 2. The first-order chi connectivity index (χ1) is 10.4. The summed E-state index contributed by atoms with van der Waals surface area (Å²) in [5.41, 5.74) is 8.34. The van der Waals surface area contributed by atoms with Gasteiger partial charge in [-0.15, -0.1) is 0 Å². The van der Waals surface area contributed by atoms with Crippen molar-refractivity contribution in [3.63, 3.8) is 0 Å². The minimum Gasteiger partial charge on any atom is -0.264 e. The summed E-state index contributed by atoms with van der Waals surface area (Å²) in [4.78, 5) is 8.49. The van der Waals surface area contributed by atoms with Crippen LogP contribution in [0.2, 0.25) is 0 Å². The van der Waals surface area contributed by atoms with Gasteiger partial charge >= 0.3 is 0 Å². The second-order valence-electron chi connectivity index (χ2n) is 5.35. The second-order valence-corrected chi connectivity index (χ2v) is 5.35. The van der Waals surface area contributed by atoms with Gasteiger partial charge in [-0.2, -0.15) is 0 Å². The van der Waals surface area contributed by atoms with Crippen LogP contribution in [0.5, 0.6) is 0 Å². The van der Waals surface area contributed by atoms with Gasteiger partial charge < -0.3 is 0 Å². The lowest BCUT2D eigenvalue weighted by atomic mass is 10.0. The van der Waals surface area contributed by atoms with Gasteiger partial charge in [-0.1, -0.05) is 26.2 Å². The van der Waals surface area contributed by atoms with E-state index in [-0.39, 0.29) is 0 Å². The van der Waals surface area contributed by atoms with Gasteiger partial charge in [0.05, 0.1) is 5.69 Å². The predicted octanol–water partition coefficient (Wildman–Crippen LogP) is 5.25. The maximum Gasteiger partial charge on any atom is 0.0658 e. The monoisotopic (exact) mass is 294 g/mol. The van der Waals surface area contributed by atoms with Crippen LogP contribution in [-0.2, 0) is 6.42 Å². The molecule has 2 rings (SSSR count). The molecule has 0 radical (unpaired) electrons. The molecular formula is C20H26N2. The first-order valence-electron chi connectivity index (χ1n) is 7.57. The smallest absolute Gasteiger partial charge is 0.0658 e. The Morgan fingerprint density at radius 2 is 1.64 bits per heavy atom. The summed E-state index contributed by atoms with van der Waals surface area (Å²) in [6, 6.07) is 2.10. The molecule has 2 heterocycles. The minimum atomic E-state index is 1.01. The van der Waals surface area contributed by atoms with Crippen molar-refractivity contribution in [3.8, 4) is 0 Å². The van der Waals surface area contributed by atoms with Crippen molar-refractivity contribution in [2.75, 3.05) is 0 Å². The van der Waals surface area contributed by atoms with E-state index >= 15 is 0 Å². The number of hydrogen-bond donors (Lipinski definition) is 0. The molecule has 0 saturated carbocycles. The van der Waals surface area contributed by atoms with E-state index in [0.717, 1.165) is 23.4 Å². The summed E-state index contributed by atoms with van der Waals surface area (Å²) in [7, 11) is 0. The molecule has 0 N–H and O–H groups in total. The first-order valence-corrected chi connectivity index (χ1v) is 7.57. The van der Waals surface area contributed by atoms with Crippen LogP contribution in [0.3, 0.4) is 0 Å². The lowest BCUT2D eigenvalue weighted by Crippen LogP contribution is -1.98. The van der Waals surface area contributed by atoms with Gasteiger partial charge in [-0.25, -0.2) is 0 Å². The van der Waals surface area contributed by atoms with Gasteiger partial charge in [-0.05, 0) is 74.1 Å². The predicted molar refractivity (Wildman–Crippen MR) is 97.0 cm³/mol. The maximum atomic E-state index is 4.43. The van der Waals surface area contributed by atoms with Crippen LogP contribution in [0, 0.1) is 27.7 Å². The van der Waals surface area contributed by atoms with Crippen molar-refractivity contribution < 1.29 is 0 Å². The van der Waals surface area contributed by atoms with Crippen LogP contribution in [0.15, 0.2) is 31.6 Å². The third-order valence-corrected chi connectivity index (χ3v) is 3.99. The van der Waals surface area contributed by atoms with E-state index in [1.807, 2.05) is 31.5 Å². The van der Waals surface area contributed by atoms with E-state index in [4.69, 9.17) is 0 Å². The van der Waals surface area contributed by atoms with Gasteiger partial charge in [0.1, 0.15) is 0 Å². The lowest BCUT2D eigenvalue weighted by Gasteiger charge is -2.09. The van der Waals surface area contributed by atoms with Crippen LogP contribution in [0.4, 0.5) is 0 Å². The Balaban J connectivity index is 0.000000224. The standard InChI is InChI=1S/C11H15N.C9H11N/c1-6-11-9(4)7(2)8(3)10(5)12-11;1-3-8-5-9(4-2)7-10-6-8/h6H,1H2,2-5H3;3,5-7H,1,4H2,2H3. The fourth-order valence-electron chi connectivity index (χ4n) is 2.10. The zero-order valence-electron chi connectivity index (χ0n) is 14.4. The molecule has 0 aromatic carbocycles. The second kappa shape index (κ2) is 8.28. The third kappa shape index (κ3) is 4.39.